The summed E-state index contributed by atoms with van der Waals surface area (Å²) in [6.45, 7) is 2.43. The molecule has 0 radical (unpaired) electrons. The lowest BCUT2D eigenvalue weighted by Gasteiger charge is -2.17. The largest absolute Gasteiger partial charge is 0.266 e. The molecule has 1 aromatic rings. The van der Waals surface area contributed by atoms with Gasteiger partial charge >= 0.3 is 0 Å². The minimum atomic E-state index is -4.52. The predicted octanol–water partition coefficient (Wildman–Crippen LogP) is 0.613. The number of hydrogen-bond acceptors (Lipinski definition) is 6. The minimum Gasteiger partial charge on any atom is -0.226 e. The molecule has 0 saturated heterocycles. The number of hydrogen-bond donors (Lipinski definition) is 0. The van der Waals surface area contributed by atoms with E-state index in [1.165, 1.54) is 38.1 Å². The van der Waals surface area contributed by atoms with Gasteiger partial charge < -0.3 is 0 Å². The van der Waals surface area contributed by atoms with Crippen molar-refractivity contribution in [1.29, 1.82) is 0 Å². The molecule has 20 heavy (non-hydrogen) atoms. The van der Waals surface area contributed by atoms with Gasteiger partial charge in [0.15, 0.2) is 19.7 Å². The molecule has 0 aliphatic heterocycles. The van der Waals surface area contributed by atoms with Crippen LogP contribution >= 0.6 is 0 Å². The molecule has 0 spiro atoms. The third-order valence-corrected chi connectivity index (χ3v) is 12.0. The van der Waals surface area contributed by atoms with Crippen LogP contribution < -0.4 is 0 Å². The number of rotatable bonds is 6. The summed E-state index contributed by atoms with van der Waals surface area (Å²) >= 11 is 0. The van der Waals surface area contributed by atoms with Crippen molar-refractivity contribution in [2.75, 3.05) is 11.5 Å². The maximum Gasteiger partial charge on any atom is 0.266 e. The Balaban J connectivity index is 3.65. The molecule has 0 aliphatic carbocycles. The molecule has 9 heteroatoms. The van der Waals surface area contributed by atoms with Crippen molar-refractivity contribution in [2.45, 2.75) is 22.7 Å². The van der Waals surface area contributed by atoms with E-state index in [9.17, 15) is 25.3 Å². The van der Waals surface area contributed by atoms with Crippen LogP contribution in [0.15, 0.2) is 35.2 Å². The van der Waals surface area contributed by atoms with Crippen molar-refractivity contribution in [3.05, 3.63) is 30.3 Å². The van der Waals surface area contributed by atoms with Crippen molar-refractivity contribution in [1.82, 2.24) is 0 Å². The Morgan fingerprint density at radius 1 is 0.800 bits per heavy atom. The van der Waals surface area contributed by atoms with Gasteiger partial charge in [0.2, 0.25) is 9.84 Å². The van der Waals surface area contributed by atoms with Crippen molar-refractivity contribution in [2.24, 2.45) is 0 Å². The fraction of sp³-hybridized carbons (Fsp3) is 0.455. The van der Waals surface area contributed by atoms with E-state index in [1.54, 1.807) is 6.07 Å². The summed E-state index contributed by atoms with van der Waals surface area (Å²) in [6, 6.07) is 6.72. The third kappa shape index (κ3) is 3.21. The quantitative estimate of drug-likeness (QED) is 0.752. The Bertz CT molecular complexity index is 727. The molecule has 0 unspecified atom stereocenters. The molecule has 0 amide bonds. The molecular formula is C11H16O6S3. The lowest BCUT2D eigenvalue weighted by Crippen LogP contribution is -2.39. The van der Waals surface area contributed by atoms with E-state index in [0.29, 0.717) is 0 Å². The highest BCUT2D eigenvalue weighted by atomic mass is 32.3. The van der Waals surface area contributed by atoms with Gasteiger partial charge in [-0.3, -0.25) is 0 Å². The molecule has 0 fully saturated rings. The van der Waals surface area contributed by atoms with Gasteiger partial charge in [0, 0.05) is 11.5 Å². The van der Waals surface area contributed by atoms with Crippen LogP contribution in [0, 0.1) is 0 Å². The third-order valence-electron chi connectivity index (χ3n) is 2.72. The molecule has 0 heterocycles. The molecule has 0 bridgehead atoms. The van der Waals surface area contributed by atoms with Crippen LogP contribution in [-0.2, 0) is 29.5 Å². The number of sulfone groups is 3. The van der Waals surface area contributed by atoms with E-state index in [4.69, 9.17) is 0 Å². The van der Waals surface area contributed by atoms with Gasteiger partial charge in [0.25, 0.3) is 3.91 Å². The zero-order chi connectivity index (χ0) is 15.6. The highest BCUT2D eigenvalue weighted by Gasteiger charge is 2.46. The van der Waals surface area contributed by atoms with Gasteiger partial charge in [-0.15, -0.1) is 0 Å². The molecule has 1 rings (SSSR count). The second-order valence-corrected chi connectivity index (χ2v) is 11.7. The van der Waals surface area contributed by atoms with Crippen LogP contribution in [-0.4, -0.2) is 40.7 Å². The summed E-state index contributed by atoms with van der Waals surface area (Å²) in [6.07, 6.45) is 0. The summed E-state index contributed by atoms with van der Waals surface area (Å²) in [5.41, 5.74) is 0. The first-order chi connectivity index (χ1) is 9.09. The monoisotopic (exact) mass is 340 g/mol. The topological polar surface area (TPSA) is 102 Å². The molecule has 0 N–H and O–H groups in total. The van der Waals surface area contributed by atoms with Gasteiger partial charge in [-0.05, 0) is 12.1 Å². The summed E-state index contributed by atoms with van der Waals surface area (Å²) in [5, 5.41) is 0. The fourth-order valence-electron chi connectivity index (χ4n) is 1.60. The summed E-state index contributed by atoms with van der Waals surface area (Å²) in [7, 11) is -13.1. The Hall–Kier alpha value is -0.930. The SMILES string of the molecule is CCS(=O)(=O)C(S(=O)(=O)CC)S(=O)(=O)c1ccccc1. The maximum absolute atomic E-state index is 12.4. The van der Waals surface area contributed by atoms with Crippen molar-refractivity contribution < 1.29 is 25.3 Å². The van der Waals surface area contributed by atoms with Gasteiger partial charge in [-0.1, -0.05) is 32.0 Å². The van der Waals surface area contributed by atoms with Crippen LogP contribution in [0.2, 0.25) is 0 Å². The fourth-order valence-corrected chi connectivity index (χ4v) is 10.1. The molecule has 0 saturated carbocycles. The first-order valence-corrected chi connectivity index (χ1v) is 10.8. The molecular weight excluding hydrogens is 324 g/mol. The van der Waals surface area contributed by atoms with E-state index >= 15 is 0 Å². The second-order valence-electron chi connectivity index (χ2n) is 4.05. The van der Waals surface area contributed by atoms with E-state index in [2.05, 4.69) is 0 Å². The Morgan fingerprint density at radius 3 is 1.55 bits per heavy atom. The molecule has 0 aromatic heterocycles. The Morgan fingerprint density at radius 2 is 1.20 bits per heavy atom. The van der Waals surface area contributed by atoms with Crippen LogP contribution in [0.3, 0.4) is 0 Å². The lowest BCUT2D eigenvalue weighted by molar-refractivity contribution is 0.574. The molecule has 6 nitrogen and oxygen atoms in total. The van der Waals surface area contributed by atoms with Crippen LogP contribution in [0.1, 0.15) is 13.8 Å². The van der Waals surface area contributed by atoms with E-state index in [-0.39, 0.29) is 4.90 Å². The Labute approximate surface area is 119 Å². The maximum atomic E-state index is 12.4. The summed E-state index contributed by atoms with van der Waals surface area (Å²) in [4.78, 5) is -0.320. The van der Waals surface area contributed by atoms with Crippen LogP contribution in [0.25, 0.3) is 0 Å². The summed E-state index contributed by atoms with van der Waals surface area (Å²) in [5.74, 6) is -1.13. The Kier molecular flexibility index (Phi) is 4.99. The first kappa shape index (κ1) is 17.1. The lowest BCUT2D eigenvalue weighted by atomic mass is 10.4. The molecule has 0 aliphatic rings. The minimum absolute atomic E-state index is 0.320. The van der Waals surface area contributed by atoms with Gasteiger partial charge in [0.05, 0.1) is 4.90 Å². The number of benzene rings is 1. The predicted molar refractivity (Wildman–Crippen MR) is 76.3 cm³/mol. The molecule has 1 aromatic carbocycles. The zero-order valence-corrected chi connectivity index (χ0v) is 13.5. The normalized spacial score (nSPS) is 13.6. The van der Waals surface area contributed by atoms with Crippen molar-refractivity contribution in [3.63, 3.8) is 0 Å². The van der Waals surface area contributed by atoms with Gasteiger partial charge in [-0.2, -0.15) is 0 Å². The van der Waals surface area contributed by atoms with Gasteiger partial charge in [0.1, 0.15) is 0 Å². The van der Waals surface area contributed by atoms with Crippen LogP contribution in [0.5, 0.6) is 0 Å². The van der Waals surface area contributed by atoms with E-state index in [0.717, 1.165) is 0 Å². The zero-order valence-electron chi connectivity index (χ0n) is 11.1. The smallest absolute Gasteiger partial charge is 0.226 e. The summed E-state index contributed by atoms with van der Waals surface area (Å²) < 4.78 is 70.2. The standard InChI is InChI=1S/C11H16O6S3/c1-3-18(12,13)11(19(14,15)4-2)20(16,17)10-8-6-5-7-9-10/h5-9,11H,3-4H2,1-2H3. The average Bonchev–Trinajstić information content (AvgIpc) is 2.39. The average molecular weight is 340 g/mol. The van der Waals surface area contributed by atoms with Crippen LogP contribution in [0.4, 0.5) is 0 Å². The van der Waals surface area contributed by atoms with E-state index in [1.807, 2.05) is 0 Å². The highest BCUT2D eigenvalue weighted by molar-refractivity contribution is 8.24. The van der Waals surface area contributed by atoms with Crippen molar-refractivity contribution >= 4 is 29.5 Å². The molecule has 0 atom stereocenters. The van der Waals surface area contributed by atoms with E-state index < -0.39 is 44.9 Å². The molecule has 114 valence electrons. The second kappa shape index (κ2) is 5.82. The first-order valence-electron chi connectivity index (χ1n) is 5.81. The van der Waals surface area contributed by atoms with Crippen molar-refractivity contribution in [3.8, 4) is 0 Å². The highest BCUT2D eigenvalue weighted by Crippen LogP contribution is 2.25. The van der Waals surface area contributed by atoms with Gasteiger partial charge in [-0.25, -0.2) is 25.3 Å².